The lowest BCUT2D eigenvalue weighted by molar-refractivity contribution is 0.108. The van der Waals surface area contributed by atoms with Crippen molar-refractivity contribution in [3.05, 3.63) is 29.6 Å². The minimum atomic E-state index is 0.217. The van der Waals surface area contributed by atoms with Crippen LogP contribution in [0.4, 0.5) is 0 Å². The van der Waals surface area contributed by atoms with Gasteiger partial charge < -0.3 is 14.6 Å². The molecule has 1 aliphatic heterocycles. The number of H-pyrrole nitrogens is 1. The Bertz CT molecular complexity index is 541. The van der Waals surface area contributed by atoms with E-state index in [0.717, 1.165) is 31.6 Å². The highest BCUT2D eigenvalue weighted by Crippen LogP contribution is 2.34. The summed E-state index contributed by atoms with van der Waals surface area (Å²) in [5.74, 6) is 0. The van der Waals surface area contributed by atoms with Gasteiger partial charge in [-0.25, -0.2) is 4.98 Å². The number of hydrogen-bond acceptors (Lipinski definition) is 3. The summed E-state index contributed by atoms with van der Waals surface area (Å²) in [5, 5.41) is 1.22. The van der Waals surface area contributed by atoms with E-state index in [-0.39, 0.29) is 6.10 Å². The Labute approximate surface area is 107 Å². The molecule has 1 fully saturated rings. The third-order valence-corrected chi connectivity index (χ3v) is 3.44. The third kappa shape index (κ3) is 2.02. The van der Waals surface area contributed by atoms with Crippen molar-refractivity contribution in [2.24, 2.45) is 0 Å². The monoisotopic (exact) mass is 245 g/mol. The highest BCUT2D eigenvalue weighted by Gasteiger charge is 2.24. The van der Waals surface area contributed by atoms with Gasteiger partial charge in [0, 0.05) is 24.7 Å². The van der Waals surface area contributed by atoms with Crippen molar-refractivity contribution in [3.8, 4) is 0 Å². The van der Waals surface area contributed by atoms with Crippen LogP contribution in [-0.2, 0) is 11.3 Å². The van der Waals surface area contributed by atoms with Crippen LogP contribution in [0.3, 0.4) is 0 Å². The Hall–Kier alpha value is -1.39. The molecule has 3 heterocycles. The predicted molar refractivity (Wildman–Crippen MR) is 71.4 cm³/mol. The average Bonchev–Trinajstić information content (AvgIpc) is 2.96. The molecule has 3 rings (SSSR count). The van der Waals surface area contributed by atoms with Crippen LogP contribution < -0.4 is 0 Å². The molecule has 0 aromatic carbocycles. The zero-order valence-electron chi connectivity index (χ0n) is 10.9. The molecule has 4 nitrogen and oxygen atoms in total. The van der Waals surface area contributed by atoms with E-state index in [4.69, 9.17) is 4.74 Å². The van der Waals surface area contributed by atoms with Gasteiger partial charge in [0.05, 0.1) is 11.8 Å². The van der Waals surface area contributed by atoms with E-state index >= 15 is 0 Å². The number of aromatic amines is 1. The van der Waals surface area contributed by atoms with Crippen molar-refractivity contribution in [3.63, 3.8) is 0 Å². The quantitative estimate of drug-likeness (QED) is 0.903. The Morgan fingerprint density at radius 3 is 3.11 bits per heavy atom. The lowest BCUT2D eigenvalue weighted by Gasteiger charge is -2.14. The van der Waals surface area contributed by atoms with Gasteiger partial charge in [-0.15, -0.1) is 0 Å². The molecule has 2 aromatic heterocycles. The van der Waals surface area contributed by atoms with E-state index in [1.807, 2.05) is 12.3 Å². The van der Waals surface area contributed by atoms with Crippen molar-refractivity contribution in [1.29, 1.82) is 0 Å². The summed E-state index contributed by atoms with van der Waals surface area (Å²) in [5.41, 5.74) is 3.52. The first-order valence-corrected chi connectivity index (χ1v) is 6.47. The average molecular weight is 245 g/mol. The number of nitrogens with one attached hydrogen (secondary N) is 1. The topological polar surface area (TPSA) is 41.1 Å². The molecule has 1 aliphatic rings. The standard InChI is InChI=1S/C14H19N3O/c1-17(2)9-11-10-5-3-7-15-14(10)16-13(11)12-6-4-8-18-12/h3,5,7,12H,4,6,8-9H2,1-2H3,(H,15,16). The van der Waals surface area contributed by atoms with Crippen LogP contribution in [-0.4, -0.2) is 35.6 Å². The first kappa shape index (κ1) is 11.7. The van der Waals surface area contributed by atoms with Crippen LogP contribution in [0, 0.1) is 0 Å². The Morgan fingerprint density at radius 1 is 1.50 bits per heavy atom. The van der Waals surface area contributed by atoms with Crippen molar-refractivity contribution >= 4 is 11.0 Å². The highest BCUT2D eigenvalue weighted by molar-refractivity contribution is 5.81. The van der Waals surface area contributed by atoms with Crippen LogP contribution in [0.15, 0.2) is 18.3 Å². The molecule has 0 radical (unpaired) electrons. The molecule has 1 unspecified atom stereocenters. The maximum Gasteiger partial charge on any atom is 0.137 e. The highest BCUT2D eigenvalue weighted by atomic mass is 16.5. The van der Waals surface area contributed by atoms with E-state index in [1.165, 1.54) is 16.6 Å². The maximum absolute atomic E-state index is 5.81. The minimum Gasteiger partial charge on any atom is -0.372 e. The van der Waals surface area contributed by atoms with Gasteiger partial charge in [0.2, 0.25) is 0 Å². The molecule has 0 saturated carbocycles. The van der Waals surface area contributed by atoms with Crippen LogP contribution >= 0.6 is 0 Å². The zero-order valence-corrected chi connectivity index (χ0v) is 10.9. The Morgan fingerprint density at radius 2 is 2.39 bits per heavy atom. The van der Waals surface area contributed by atoms with Gasteiger partial charge in [-0.2, -0.15) is 0 Å². The molecular formula is C14H19N3O. The number of rotatable bonds is 3. The van der Waals surface area contributed by atoms with Crippen molar-refractivity contribution in [2.75, 3.05) is 20.7 Å². The number of nitrogens with zero attached hydrogens (tertiary/aromatic N) is 2. The summed E-state index contributed by atoms with van der Waals surface area (Å²) < 4.78 is 5.81. The smallest absolute Gasteiger partial charge is 0.137 e. The molecule has 0 aliphatic carbocycles. The Balaban J connectivity index is 2.10. The summed E-state index contributed by atoms with van der Waals surface area (Å²) in [7, 11) is 4.18. The summed E-state index contributed by atoms with van der Waals surface area (Å²) in [6.45, 7) is 1.79. The fourth-order valence-corrected chi connectivity index (χ4v) is 2.66. The summed E-state index contributed by atoms with van der Waals surface area (Å²) >= 11 is 0. The fraction of sp³-hybridized carbons (Fsp3) is 0.500. The lowest BCUT2D eigenvalue weighted by Crippen LogP contribution is -2.13. The number of hydrogen-bond donors (Lipinski definition) is 1. The van der Waals surface area contributed by atoms with Gasteiger partial charge in [-0.05, 0) is 44.6 Å². The molecule has 0 bridgehead atoms. The van der Waals surface area contributed by atoms with Gasteiger partial charge in [0.25, 0.3) is 0 Å². The summed E-state index contributed by atoms with van der Waals surface area (Å²) in [4.78, 5) is 10.0. The normalized spacial score (nSPS) is 20.1. The number of ether oxygens (including phenoxy) is 1. The van der Waals surface area contributed by atoms with Gasteiger partial charge in [0.1, 0.15) is 5.65 Å². The zero-order chi connectivity index (χ0) is 12.5. The number of aromatic nitrogens is 2. The second-order valence-electron chi connectivity index (χ2n) is 5.16. The molecule has 2 aromatic rings. The van der Waals surface area contributed by atoms with Gasteiger partial charge in [-0.1, -0.05) is 0 Å². The summed E-state index contributed by atoms with van der Waals surface area (Å²) in [6.07, 6.45) is 4.30. The van der Waals surface area contributed by atoms with Crippen LogP contribution in [0.25, 0.3) is 11.0 Å². The fourth-order valence-electron chi connectivity index (χ4n) is 2.66. The predicted octanol–water partition coefficient (Wildman–Crippen LogP) is 2.48. The van der Waals surface area contributed by atoms with Gasteiger partial charge >= 0.3 is 0 Å². The molecule has 1 N–H and O–H groups in total. The number of fused-ring (bicyclic) bond motifs is 1. The van der Waals surface area contributed by atoms with Crippen molar-refractivity contribution in [2.45, 2.75) is 25.5 Å². The maximum atomic E-state index is 5.81. The molecule has 1 saturated heterocycles. The third-order valence-electron chi connectivity index (χ3n) is 3.44. The molecular weight excluding hydrogens is 226 g/mol. The van der Waals surface area contributed by atoms with E-state index < -0.39 is 0 Å². The van der Waals surface area contributed by atoms with Crippen molar-refractivity contribution < 1.29 is 4.74 Å². The van der Waals surface area contributed by atoms with E-state index in [0.29, 0.717) is 0 Å². The molecule has 1 atom stereocenters. The van der Waals surface area contributed by atoms with Crippen molar-refractivity contribution in [1.82, 2.24) is 14.9 Å². The van der Waals surface area contributed by atoms with E-state index in [1.54, 1.807) is 0 Å². The minimum absolute atomic E-state index is 0.217. The molecule has 0 amide bonds. The molecule has 0 spiro atoms. The number of pyridine rings is 1. The van der Waals surface area contributed by atoms with Gasteiger partial charge in [0.15, 0.2) is 0 Å². The second-order valence-corrected chi connectivity index (χ2v) is 5.16. The molecule has 18 heavy (non-hydrogen) atoms. The first-order valence-electron chi connectivity index (χ1n) is 6.47. The first-order chi connectivity index (χ1) is 8.75. The lowest BCUT2D eigenvalue weighted by atomic mass is 10.1. The summed E-state index contributed by atoms with van der Waals surface area (Å²) in [6, 6.07) is 4.13. The van der Waals surface area contributed by atoms with Crippen LogP contribution in [0.1, 0.15) is 30.2 Å². The Kier molecular flexibility index (Phi) is 3.06. The second kappa shape index (κ2) is 4.71. The molecule has 4 heteroatoms. The molecule has 96 valence electrons. The SMILES string of the molecule is CN(C)Cc1c(C2CCCO2)[nH]c2ncccc12. The van der Waals surface area contributed by atoms with Crippen LogP contribution in [0.2, 0.25) is 0 Å². The van der Waals surface area contributed by atoms with E-state index in [2.05, 4.69) is 35.0 Å². The van der Waals surface area contributed by atoms with Gasteiger partial charge in [-0.3, -0.25) is 0 Å². The van der Waals surface area contributed by atoms with Crippen LogP contribution in [0.5, 0.6) is 0 Å². The van der Waals surface area contributed by atoms with E-state index in [9.17, 15) is 0 Å². The largest absolute Gasteiger partial charge is 0.372 e.